The second-order valence-electron chi connectivity index (χ2n) is 4.10. The van der Waals surface area contributed by atoms with Crippen molar-refractivity contribution in [3.63, 3.8) is 0 Å². The van der Waals surface area contributed by atoms with Crippen LogP contribution in [0.3, 0.4) is 0 Å². The van der Waals surface area contributed by atoms with Crippen molar-refractivity contribution < 1.29 is 29.3 Å². The third-order valence-corrected chi connectivity index (χ3v) is 2.61. The summed E-state index contributed by atoms with van der Waals surface area (Å²) in [4.78, 5) is 34.0. The van der Waals surface area contributed by atoms with E-state index in [1.807, 2.05) is 6.07 Å². The molecule has 0 bridgehead atoms. The van der Waals surface area contributed by atoms with Crippen LogP contribution in [0.5, 0.6) is 0 Å². The monoisotopic (exact) mass is 281 g/mol. The fourth-order valence-corrected chi connectivity index (χ4v) is 1.50. The molecule has 1 aromatic carbocycles. The Kier molecular flexibility index (Phi) is 5.52. The van der Waals surface area contributed by atoms with Gasteiger partial charge in [0.25, 0.3) is 0 Å². The van der Waals surface area contributed by atoms with Gasteiger partial charge >= 0.3 is 18.0 Å². The van der Waals surface area contributed by atoms with Crippen LogP contribution in [0.25, 0.3) is 0 Å². The molecule has 0 aliphatic rings. The average molecular weight is 281 g/mol. The van der Waals surface area contributed by atoms with Gasteiger partial charge in [0, 0.05) is 7.05 Å². The highest BCUT2D eigenvalue weighted by Gasteiger charge is 2.29. The average Bonchev–Trinajstić information content (AvgIpc) is 2.42. The van der Waals surface area contributed by atoms with E-state index in [-0.39, 0.29) is 6.61 Å². The van der Waals surface area contributed by atoms with E-state index in [9.17, 15) is 14.4 Å². The normalized spacial score (nSPS) is 11.4. The molecule has 0 aliphatic heterocycles. The highest BCUT2D eigenvalue weighted by Crippen LogP contribution is 2.07. The van der Waals surface area contributed by atoms with Crippen molar-refractivity contribution >= 4 is 18.0 Å². The van der Waals surface area contributed by atoms with Crippen molar-refractivity contribution in [3.05, 3.63) is 35.9 Å². The Morgan fingerprint density at radius 2 is 1.80 bits per heavy atom. The molecular weight excluding hydrogens is 266 g/mol. The summed E-state index contributed by atoms with van der Waals surface area (Å²) in [5, 5.41) is 17.5. The van der Waals surface area contributed by atoms with Gasteiger partial charge in [0.15, 0.2) is 0 Å². The summed E-state index contributed by atoms with van der Waals surface area (Å²) >= 11 is 0. The highest BCUT2D eigenvalue weighted by molar-refractivity contribution is 5.84. The first-order valence-corrected chi connectivity index (χ1v) is 5.80. The molecule has 0 saturated carbocycles. The van der Waals surface area contributed by atoms with Crippen molar-refractivity contribution in [3.8, 4) is 0 Å². The lowest BCUT2D eigenvalue weighted by Gasteiger charge is -2.22. The standard InChI is InChI=1S/C13H15NO6/c1-14(10(12(17)18)7-11(15)16)13(19)20-8-9-5-3-2-4-6-9/h2-6,10H,7-8H2,1H3,(H,15,16)(H,17,18). The first-order valence-electron chi connectivity index (χ1n) is 5.80. The van der Waals surface area contributed by atoms with Crippen molar-refractivity contribution in [1.29, 1.82) is 0 Å². The number of rotatable bonds is 6. The fourth-order valence-electron chi connectivity index (χ4n) is 1.50. The first kappa shape index (κ1) is 15.5. The maximum atomic E-state index is 11.7. The number of carboxylic acids is 2. The molecule has 20 heavy (non-hydrogen) atoms. The Balaban J connectivity index is 2.60. The van der Waals surface area contributed by atoms with E-state index < -0.39 is 30.5 Å². The van der Waals surface area contributed by atoms with Gasteiger partial charge in [0.05, 0.1) is 6.42 Å². The SMILES string of the molecule is CN(C(=O)OCc1ccccc1)C(CC(=O)O)C(=O)O. The Morgan fingerprint density at radius 3 is 2.30 bits per heavy atom. The third-order valence-electron chi connectivity index (χ3n) is 2.61. The maximum Gasteiger partial charge on any atom is 0.410 e. The van der Waals surface area contributed by atoms with E-state index in [1.165, 1.54) is 7.05 Å². The molecule has 0 spiro atoms. The van der Waals surface area contributed by atoms with Crippen LogP contribution in [-0.4, -0.2) is 46.2 Å². The van der Waals surface area contributed by atoms with E-state index in [1.54, 1.807) is 24.3 Å². The number of amides is 1. The van der Waals surface area contributed by atoms with Crippen LogP contribution in [0, 0.1) is 0 Å². The van der Waals surface area contributed by atoms with Gasteiger partial charge in [-0.25, -0.2) is 9.59 Å². The quantitative estimate of drug-likeness (QED) is 0.811. The van der Waals surface area contributed by atoms with Crippen LogP contribution in [0.15, 0.2) is 30.3 Å². The van der Waals surface area contributed by atoms with Crippen LogP contribution >= 0.6 is 0 Å². The summed E-state index contributed by atoms with van der Waals surface area (Å²) in [5.74, 6) is -2.70. The van der Waals surface area contributed by atoms with Gasteiger partial charge in [-0.05, 0) is 5.56 Å². The molecule has 7 heteroatoms. The number of ether oxygens (including phenoxy) is 1. The third kappa shape index (κ3) is 4.60. The number of benzene rings is 1. The number of carboxylic acid groups (broad SMARTS) is 2. The van der Waals surface area contributed by atoms with Gasteiger partial charge in [-0.15, -0.1) is 0 Å². The van der Waals surface area contributed by atoms with E-state index in [0.29, 0.717) is 0 Å². The van der Waals surface area contributed by atoms with Gasteiger partial charge < -0.3 is 14.9 Å². The van der Waals surface area contributed by atoms with Gasteiger partial charge in [-0.3, -0.25) is 9.69 Å². The maximum absolute atomic E-state index is 11.7. The van der Waals surface area contributed by atoms with Crippen LogP contribution in [0.2, 0.25) is 0 Å². The van der Waals surface area contributed by atoms with Crippen molar-refractivity contribution in [2.75, 3.05) is 7.05 Å². The summed E-state index contributed by atoms with van der Waals surface area (Å²) in [6.45, 7) is -0.0105. The summed E-state index contributed by atoms with van der Waals surface area (Å²) in [7, 11) is 1.19. The van der Waals surface area contributed by atoms with Crippen molar-refractivity contribution in [2.45, 2.75) is 19.1 Å². The number of carbonyl (C=O) groups excluding carboxylic acids is 1. The van der Waals surface area contributed by atoms with Gasteiger partial charge in [0.2, 0.25) is 0 Å². The summed E-state index contributed by atoms with van der Waals surface area (Å²) in [6.07, 6.45) is -1.57. The number of hydrogen-bond acceptors (Lipinski definition) is 4. The van der Waals surface area contributed by atoms with E-state index >= 15 is 0 Å². The Morgan fingerprint density at radius 1 is 1.20 bits per heavy atom. The summed E-state index contributed by atoms with van der Waals surface area (Å²) < 4.78 is 4.93. The lowest BCUT2D eigenvalue weighted by molar-refractivity contribution is -0.148. The summed E-state index contributed by atoms with van der Waals surface area (Å²) in [5.41, 5.74) is 0.749. The number of nitrogens with zero attached hydrogens (tertiary/aromatic N) is 1. The molecule has 1 atom stereocenters. The molecule has 2 N–H and O–H groups in total. The van der Waals surface area contributed by atoms with E-state index in [0.717, 1.165) is 10.5 Å². The molecule has 1 aromatic rings. The highest BCUT2D eigenvalue weighted by atomic mass is 16.6. The molecule has 0 radical (unpaired) electrons. The minimum Gasteiger partial charge on any atom is -0.481 e. The molecule has 0 aliphatic carbocycles. The minimum absolute atomic E-state index is 0.0105. The first-order chi connectivity index (χ1) is 9.41. The molecule has 0 saturated heterocycles. The van der Waals surface area contributed by atoms with Gasteiger partial charge in [0.1, 0.15) is 12.6 Å². The predicted molar refractivity (Wildman–Crippen MR) is 68.1 cm³/mol. The summed E-state index contributed by atoms with van der Waals surface area (Å²) in [6, 6.07) is 7.40. The molecule has 0 heterocycles. The zero-order valence-corrected chi connectivity index (χ0v) is 10.9. The van der Waals surface area contributed by atoms with Crippen LogP contribution in [0.1, 0.15) is 12.0 Å². The smallest absolute Gasteiger partial charge is 0.410 e. The Hall–Kier alpha value is -2.57. The van der Waals surface area contributed by atoms with Crippen molar-refractivity contribution in [1.82, 2.24) is 4.90 Å². The molecule has 1 rings (SSSR count). The number of likely N-dealkylation sites (N-methyl/N-ethyl adjacent to an activating group) is 1. The number of carbonyl (C=O) groups is 3. The van der Waals surface area contributed by atoms with Gasteiger partial charge in [-0.2, -0.15) is 0 Å². The second-order valence-corrected chi connectivity index (χ2v) is 4.10. The zero-order chi connectivity index (χ0) is 15.1. The number of hydrogen-bond donors (Lipinski definition) is 2. The largest absolute Gasteiger partial charge is 0.481 e. The van der Waals surface area contributed by atoms with E-state index in [4.69, 9.17) is 14.9 Å². The fraction of sp³-hybridized carbons (Fsp3) is 0.308. The molecule has 0 aromatic heterocycles. The Labute approximate surface area is 115 Å². The Bertz CT molecular complexity index is 487. The van der Waals surface area contributed by atoms with Crippen LogP contribution in [-0.2, 0) is 20.9 Å². The van der Waals surface area contributed by atoms with Crippen molar-refractivity contribution in [2.24, 2.45) is 0 Å². The molecular formula is C13H15NO6. The zero-order valence-electron chi connectivity index (χ0n) is 10.9. The van der Waals surface area contributed by atoms with Crippen LogP contribution in [0.4, 0.5) is 4.79 Å². The topological polar surface area (TPSA) is 104 Å². The molecule has 1 amide bonds. The molecule has 7 nitrogen and oxygen atoms in total. The lowest BCUT2D eigenvalue weighted by Crippen LogP contribution is -2.43. The lowest BCUT2D eigenvalue weighted by atomic mass is 10.2. The van der Waals surface area contributed by atoms with E-state index in [2.05, 4.69) is 0 Å². The predicted octanol–water partition coefficient (Wildman–Crippen LogP) is 1.18. The van der Waals surface area contributed by atoms with Crippen LogP contribution < -0.4 is 0 Å². The molecule has 0 fully saturated rings. The minimum atomic E-state index is -1.46. The molecule has 108 valence electrons. The van der Waals surface area contributed by atoms with Gasteiger partial charge in [-0.1, -0.05) is 30.3 Å². The molecule has 1 unspecified atom stereocenters. The second kappa shape index (κ2) is 7.13. The number of aliphatic carboxylic acids is 2.